The van der Waals surface area contributed by atoms with Crippen LogP contribution in [-0.2, 0) is 0 Å². The number of rotatable bonds is 0. The van der Waals surface area contributed by atoms with Gasteiger partial charge < -0.3 is 5.73 Å². The molecule has 0 aliphatic rings. The van der Waals surface area contributed by atoms with Gasteiger partial charge >= 0.3 is 0 Å². The molecular weight excluding hydrogens is 166 g/mol. The van der Waals surface area contributed by atoms with Crippen molar-refractivity contribution in [3.8, 4) is 0 Å². The summed E-state index contributed by atoms with van der Waals surface area (Å²) in [5.74, 6) is 0.156. The van der Waals surface area contributed by atoms with E-state index in [0.29, 0.717) is 10.9 Å². The van der Waals surface area contributed by atoms with Crippen LogP contribution in [0.1, 0.15) is 5.56 Å². The first kappa shape index (κ1) is 7.79. The minimum absolute atomic E-state index is 0.156. The average Bonchev–Trinajstić information content (AvgIpc) is 2.02. The average molecular weight is 175 g/mol. The van der Waals surface area contributed by atoms with Gasteiger partial charge in [-0.3, -0.25) is 9.78 Å². The maximum Gasteiger partial charge on any atom is 0.260 e. The number of hydrogen-bond acceptors (Lipinski definition) is 3. The van der Waals surface area contributed by atoms with Crippen molar-refractivity contribution in [3.63, 3.8) is 0 Å². The van der Waals surface area contributed by atoms with Crippen LogP contribution in [0.5, 0.6) is 0 Å². The normalized spacial score (nSPS) is 10.5. The predicted octanol–water partition coefficient (Wildman–Crippen LogP) is 0.814. The molecule has 0 atom stereocenters. The third-order valence-corrected chi connectivity index (χ3v) is 1.88. The van der Waals surface area contributed by atoms with Crippen LogP contribution in [0.4, 0.5) is 5.95 Å². The SMILES string of the molecule is Cc1ccc2c(=O)[nH]c(N)nc2c1. The standard InChI is InChI=1S/C9H9N3O/c1-5-2-3-6-7(4-5)11-9(10)12-8(6)13/h2-4H,1H3,(H3,10,11,12,13). The third-order valence-electron chi connectivity index (χ3n) is 1.88. The highest BCUT2D eigenvalue weighted by atomic mass is 16.1. The van der Waals surface area contributed by atoms with Gasteiger partial charge in [0.1, 0.15) is 0 Å². The van der Waals surface area contributed by atoms with E-state index in [0.717, 1.165) is 5.56 Å². The first-order valence-corrected chi connectivity index (χ1v) is 3.93. The minimum atomic E-state index is -0.192. The fraction of sp³-hybridized carbons (Fsp3) is 0.111. The monoisotopic (exact) mass is 175 g/mol. The van der Waals surface area contributed by atoms with E-state index in [4.69, 9.17) is 5.73 Å². The van der Waals surface area contributed by atoms with Gasteiger partial charge in [-0.1, -0.05) is 6.07 Å². The van der Waals surface area contributed by atoms with E-state index in [9.17, 15) is 4.79 Å². The number of hydrogen-bond donors (Lipinski definition) is 2. The first-order valence-electron chi connectivity index (χ1n) is 3.93. The van der Waals surface area contributed by atoms with E-state index >= 15 is 0 Å². The Kier molecular flexibility index (Phi) is 1.55. The quantitative estimate of drug-likeness (QED) is 0.622. The van der Waals surface area contributed by atoms with Gasteiger partial charge in [-0.15, -0.1) is 0 Å². The zero-order valence-electron chi connectivity index (χ0n) is 7.16. The van der Waals surface area contributed by atoms with Gasteiger partial charge in [0, 0.05) is 0 Å². The van der Waals surface area contributed by atoms with Crippen LogP contribution in [0.3, 0.4) is 0 Å². The van der Waals surface area contributed by atoms with E-state index in [1.165, 1.54) is 0 Å². The zero-order valence-corrected chi connectivity index (χ0v) is 7.16. The highest BCUT2D eigenvalue weighted by Gasteiger charge is 2.00. The molecule has 0 amide bonds. The van der Waals surface area contributed by atoms with Crippen LogP contribution in [0.25, 0.3) is 10.9 Å². The molecule has 0 fully saturated rings. The number of aryl methyl sites for hydroxylation is 1. The van der Waals surface area contributed by atoms with Gasteiger partial charge in [-0.2, -0.15) is 0 Å². The fourth-order valence-electron chi connectivity index (χ4n) is 1.27. The molecule has 3 N–H and O–H groups in total. The zero-order chi connectivity index (χ0) is 9.42. The highest BCUT2D eigenvalue weighted by molar-refractivity contribution is 5.78. The summed E-state index contributed by atoms with van der Waals surface area (Å²) in [6.07, 6.45) is 0. The number of nitrogens with two attached hydrogens (primary N) is 1. The second-order valence-electron chi connectivity index (χ2n) is 2.97. The lowest BCUT2D eigenvalue weighted by atomic mass is 10.2. The Bertz CT molecular complexity index is 510. The Hall–Kier alpha value is -1.84. The third kappa shape index (κ3) is 1.26. The van der Waals surface area contributed by atoms with Crippen molar-refractivity contribution in [1.29, 1.82) is 0 Å². The van der Waals surface area contributed by atoms with E-state index in [-0.39, 0.29) is 11.5 Å². The Morgan fingerprint density at radius 2 is 2.23 bits per heavy atom. The Labute approximate surface area is 74.4 Å². The van der Waals surface area contributed by atoms with E-state index in [2.05, 4.69) is 9.97 Å². The number of H-pyrrole nitrogens is 1. The molecule has 1 aromatic heterocycles. The Morgan fingerprint density at radius 1 is 1.46 bits per heavy atom. The fourth-order valence-corrected chi connectivity index (χ4v) is 1.27. The lowest BCUT2D eigenvalue weighted by molar-refractivity contribution is 1.19. The van der Waals surface area contributed by atoms with Crippen LogP contribution in [0, 0.1) is 6.92 Å². The summed E-state index contributed by atoms with van der Waals surface area (Å²) in [6, 6.07) is 5.45. The van der Waals surface area contributed by atoms with Crippen molar-refractivity contribution in [1.82, 2.24) is 9.97 Å². The van der Waals surface area contributed by atoms with Crippen LogP contribution in [-0.4, -0.2) is 9.97 Å². The molecule has 4 heteroatoms. The van der Waals surface area contributed by atoms with Crippen LogP contribution in [0.2, 0.25) is 0 Å². The van der Waals surface area contributed by atoms with Gasteiger partial charge in [0.15, 0.2) is 0 Å². The lowest BCUT2D eigenvalue weighted by Gasteiger charge is -1.98. The van der Waals surface area contributed by atoms with E-state index in [1.807, 2.05) is 19.1 Å². The predicted molar refractivity (Wildman–Crippen MR) is 51.5 cm³/mol. The molecule has 0 aliphatic carbocycles. The summed E-state index contributed by atoms with van der Waals surface area (Å²) in [4.78, 5) is 17.8. The van der Waals surface area contributed by atoms with E-state index in [1.54, 1.807) is 6.07 Å². The van der Waals surface area contributed by atoms with Crippen molar-refractivity contribution < 1.29 is 0 Å². The number of nitrogens with one attached hydrogen (secondary N) is 1. The molecule has 0 unspecified atom stereocenters. The highest BCUT2D eigenvalue weighted by Crippen LogP contribution is 2.09. The molecule has 0 spiro atoms. The first-order chi connectivity index (χ1) is 6.16. The second kappa shape index (κ2) is 2.58. The number of aromatic nitrogens is 2. The molecule has 0 aliphatic heterocycles. The molecule has 4 nitrogen and oxygen atoms in total. The van der Waals surface area contributed by atoms with Crippen LogP contribution < -0.4 is 11.3 Å². The van der Waals surface area contributed by atoms with Crippen molar-refractivity contribution in [3.05, 3.63) is 34.1 Å². The molecule has 13 heavy (non-hydrogen) atoms. The Morgan fingerprint density at radius 3 is 3.00 bits per heavy atom. The summed E-state index contributed by atoms with van der Waals surface area (Å²) in [6.45, 7) is 1.94. The molecule has 0 radical (unpaired) electrons. The summed E-state index contributed by atoms with van der Waals surface area (Å²) >= 11 is 0. The molecule has 2 rings (SSSR count). The molecule has 2 aromatic rings. The topological polar surface area (TPSA) is 71.8 Å². The lowest BCUT2D eigenvalue weighted by Crippen LogP contribution is -2.10. The smallest absolute Gasteiger partial charge is 0.260 e. The Balaban J connectivity index is 2.95. The number of nitrogen functional groups attached to an aromatic ring is 1. The van der Waals surface area contributed by atoms with Gasteiger partial charge in [-0.25, -0.2) is 4.98 Å². The van der Waals surface area contributed by atoms with Crippen molar-refractivity contribution in [2.75, 3.05) is 5.73 Å². The summed E-state index contributed by atoms with van der Waals surface area (Å²) < 4.78 is 0. The molecule has 1 heterocycles. The van der Waals surface area contributed by atoms with Gasteiger partial charge in [0.2, 0.25) is 5.95 Å². The maximum atomic E-state index is 11.3. The number of aromatic amines is 1. The van der Waals surface area contributed by atoms with Crippen LogP contribution in [0.15, 0.2) is 23.0 Å². The summed E-state index contributed by atoms with van der Waals surface area (Å²) in [5, 5.41) is 0.569. The number of nitrogens with zero attached hydrogens (tertiary/aromatic N) is 1. The van der Waals surface area contributed by atoms with E-state index < -0.39 is 0 Å². The molecule has 66 valence electrons. The number of fused-ring (bicyclic) bond motifs is 1. The summed E-state index contributed by atoms with van der Waals surface area (Å²) in [5.41, 5.74) is 6.92. The van der Waals surface area contributed by atoms with Crippen molar-refractivity contribution >= 4 is 16.9 Å². The number of anilines is 1. The molecular formula is C9H9N3O. The van der Waals surface area contributed by atoms with Gasteiger partial charge in [-0.05, 0) is 24.6 Å². The molecule has 0 bridgehead atoms. The largest absolute Gasteiger partial charge is 0.369 e. The van der Waals surface area contributed by atoms with Gasteiger partial charge in [0.25, 0.3) is 5.56 Å². The maximum absolute atomic E-state index is 11.3. The number of benzene rings is 1. The summed E-state index contributed by atoms with van der Waals surface area (Å²) in [7, 11) is 0. The second-order valence-corrected chi connectivity index (χ2v) is 2.97. The van der Waals surface area contributed by atoms with Gasteiger partial charge in [0.05, 0.1) is 10.9 Å². The van der Waals surface area contributed by atoms with Crippen molar-refractivity contribution in [2.45, 2.75) is 6.92 Å². The van der Waals surface area contributed by atoms with Crippen molar-refractivity contribution in [2.24, 2.45) is 0 Å². The minimum Gasteiger partial charge on any atom is -0.369 e. The molecule has 0 saturated heterocycles. The van der Waals surface area contributed by atoms with Crippen LogP contribution >= 0.6 is 0 Å². The molecule has 1 aromatic carbocycles. The molecule has 0 saturated carbocycles.